The van der Waals surface area contributed by atoms with E-state index in [2.05, 4.69) is 35.5 Å². The monoisotopic (exact) mass is 173 g/mol. The van der Waals surface area contributed by atoms with E-state index in [1.54, 1.807) is 6.21 Å². The normalized spacial score (nSPS) is 44.8. The second kappa shape index (κ2) is 2.34. The van der Waals surface area contributed by atoms with Crippen molar-refractivity contribution in [1.29, 1.82) is 0 Å². The van der Waals surface area contributed by atoms with Crippen molar-refractivity contribution in [2.24, 2.45) is 28.8 Å². The first kappa shape index (κ1) is 7.13. The lowest BCUT2D eigenvalue weighted by Crippen LogP contribution is -1.92. The van der Waals surface area contributed by atoms with Gasteiger partial charge in [0.2, 0.25) is 0 Å². The van der Waals surface area contributed by atoms with E-state index >= 15 is 0 Å². The fourth-order valence-electron chi connectivity index (χ4n) is 2.52. The number of rotatable bonds is 1. The Morgan fingerprint density at radius 1 is 1.15 bits per heavy atom. The smallest absolute Gasteiger partial charge is 0.0693 e. The van der Waals surface area contributed by atoms with Gasteiger partial charge in [-0.1, -0.05) is 35.5 Å². The molecule has 0 saturated heterocycles. The van der Waals surface area contributed by atoms with Crippen LogP contribution in [0, 0.1) is 23.7 Å². The predicted molar refractivity (Wildman–Crippen MR) is 50.6 cm³/mol. The number of allylic oxidation sites excluding steroid dienone is 6. The van der Waals surface area contributed by atoms with Crippen molar-refractivity contribution in [3.8, 4) is 0 Å². The topological polar surface area (TPSA) is 32.6 Å². The highest BCUT2D eigenvalue weighted by Crippen LogP contribution is 2.55. The van der Waals surface area contributed by atoms with Crippen molar-refractivity contribution in [1.82, 2.24) is 0 Å². The van der Waals surface area contributed by atoms with Crippen molar-refractivity contribution in [3.63, 3.8) is 0 Å². The molecule has 4 bridgehead atoms. The van der Waals surface area contributed by atoms with Crippen molar-refractivity contribution >= 4 is 6.21 Å². The summed E-state index contributed by atoms with van der Waals surface area (Å²) in [5.41, 5.74) is 1.19. The quantitative estimate of drug-likeness (QED) is 0.280. The fourth-order valence-corrected chi connectivity index (χ4v) is 2.52. The van der Waals surface area contributed by atoms with E-state index < -0.39 is 0 Å². The molecule has 4 aliphatic rings. The minimum absolute atomic E-state index is 0.410. The van der Waals surface area contributed by atoms with E-state index in [4.69, 9.17) is 5.21 Å². The molecular formula is C11H11NO. The summed E-state index contributed by atoms with van der Waals surface area (Å²) in [4.78, 5) is 0. The van der Waals surface area contributed by atoms with Gasteiger partial charge in [0, 0.05) is 5.92 Å². The molecule has 1 saturated carbocycles. The van der Waals surface area contributed by atoms with Crippen LogP contribution in [0.15, 0.2) is 41.1 Å². The van der Waals surface area contributed by atoms with Crippen molar-refractivity contribution in [2.75, 3.05) is 0 Å². The Morgan fingerprint density at radius 2 is 1.85 bits per heavy atom. The minimum atomic E-state index is 0.410. The molecule has 0 heterocycles. The third kappa shape index (κ3) is 0.916. The Hall–Kier alpha value is -1.31. The molecule has 4 rings (SSSR count). The average Bonchev–Trinajstić information content (AvgIpc) is 2.81. The number of hydrogen-bond acceptors (Lipinski definition) is 2. The number of hydrogen-bond donors (Lipinski definition) is 1. The molecule has 0 aromatic rings. The second-order valence-electron chi connectivity index (χ2n) is 3.94. The molecule has 13 heavy (non-hydrogen) atoms. The van der Waals surface area contributed by atoms with Gasteiger partial charge in [0.1, 0.15) is 0 Å². The summed E-state index contributed by atoms with van der Waals surface area (Å²) in [6.07, 6.45) is 12.8. The standard InChI is InChI=1S/C11H11NO/c13-12-6-8-5-7-1-3-9-10(4-2-7)11(8)9/h1-7,9-11,13H/b12-6+/t7?,9-,10+,11?. The predicted octanol–water partition coefficient (Wildman–Crippen LogP) is 1.99. The molecule has 66 valence electrons. The lowest BCUT2D eigenvalue weighted by Gasteiger charge is -1.98. The minimum Gasteiger partial charge on any atom is -0.411 e. The van der Waals surface area contributed by atoms with Crippen LogP contribution in [0.5, 0.6) is 0 Å². The molecule has 1 N–H and O–H groups in total. The number of nitrogens with zero attached hydrogens (tertiary/aromatic N) is 1. The molecule has 2 unspecified atom stereocenters. The average molecular weight is 173 g/mol. The molecule has 0 aromatic carbocycles. The molecule has 0 spiro atoms. The summed E-state index contributed by atoms with van der Waals surface area (Å²) in [5, 5.41) is 11.7. The van der Waals surface area contributed by atoms with Gasteiger partial charge in [0.25, 0.3) is 0 Å². The van der Waals surface area contributed by atoms with Crippen molar-refractivity contribution in [3.05, 3.63) is 36.0 Å². The summed E-state index contributed by atoms with van der Waals surface area (Å²) >= 11 is 0. The zero-order valence-electron chi connectivity index (χ0n) is 7.17. The van der Waals surface area contributed by atoms with Crippen molar-refractivity contribution in [2.45, 2.75) is 0 Å². The molecule has 2 nitrogen and oxygen atoms in total. The Labute approximate surface area is 76.9 Å². The molecule has 4 atom stereocenters. The summed E-state index contributed by atoms with van der Waals surface area (Å²) in [6.45, 7) is 0. The Kier molecular flexibility index (Phi) is 1.29. The fraction of sp³-hybridized carbons (Fsp3) is 0.364. The van der Waals surface area contributed by atoms with Gasteiger partial charge in [-0.2, -0.15) is 0 Å². The van der Waals surface area contributed by atoms with E-state index in [0.29, 0.717) is 23.7 Å². The van der Waals surface area contributed by atoms with Gasteiger partial charge in [0.05, 0.1) is 6.21 Å². The molecule has 0 aromatic heterocycles. The highest BCUT2D eigenvalue weighted by Gasteiger charge is 2.50. The van der Waals surface area contributed by atoms with Crippen LogP contribution in [0.4, 0.5) is 0 Å². The number of oxime groups is 1. The van der Waals surface area contributed by atoms with Gasteiger partial charge in [-0.05, 0) is 23.3 Å². The van der Waals surface area contributed by atoms with Crippen LogP contribution in [0.3, 0.4) is 0 Å². The maximum absolute atomic E-state index is 8.53. The SMILES string of the molecule is O/N=C/C1=CC2C=C[C@@H]3C1[C@@H]3C=C2. The summed E-state index contributed by atoms with van der Waals surface area (Å²) < 4.78 is 0. The zero-order valence-corrected chi connectivity index (χ0v) is 7.17. The van der Waals surface area contributed by atoms with Crippen LogP contribution in [-0.2, 0) is 0 Å². The van der Waals surface area contributed by atoms with E-state index in [0.717, 1.165) is 0 Å². The maximum Gasteiger partial charge on any atom is 0.0693 e. The van der Waals surface area contributed by atoms with Crippen LogP contribution in [0.2, 0.25) is 0 Å². The summed E-state index contributed by atoms with van der Waals surface area (Å²) in [6, 6.07) is 0. The van der Waals surface area contributed by atoms with Crippen LogP contribution < -0.4 is 0 Å². The molecule has 1 fully saturated rings. The summed E-state index contributed by atoms with van der Waals surface area (Å²) in [7, 11) is 0. The first-order chi connectivity index (χ1) is 6.40. The van der Waals surface area contributed by atoms with Gasteiger partial charge in [-0.3, -0.25) is 0 Å². The third-order valence-corrected chi connectivity index (χ3v) is 3.22. The molecule has 0 amide bonds. The Balaban J connectivity index is 2.04. The molecule has 4 aliphatic carbocycles. The first-order valence-electron chi connectivity index (χ1n) is 4.66. The van der Waals surface area contributed by atoms with Crippen molar-refractivity contribution < 1.29 is 5.21 Å². The third-order valence-electron chi connectivity index (χ3n) is 3.22. The zero-order chi connectivity index (χ0) is 8.84. The molecule has 0 aliphatic heterocycles. The lowest BCUT2D eigenvalue weighted by molar-refractivity contribution is 0.321. The molecule has 0 radical (unpaired) electrons. The van der Waals surface area contributed by atoms with Crippen LogP contribution in [0.25, 0.3) is 0 Å². The van der Waals surface area contributed by atoms with Gasteiger partial charge >= 0.3 is 0 Å². The van der Waals surface area contributed by atoms with Crippen LogP contribution in [-0.4, -0.2) is 11.4 Å². The van der Waals surface area contributed by atoms with E-state index in [1.165, 1.54) is 5.57 Å². The summed E-state index contributed by atoms with van der Waals surface area (Å²) in [5.74, 6) is 2.31. The lowest BCUT2D eigenvalue weighted by atomic mass is 10.1. The molecular weight excluding hydrogens is 162 g/mol. The van der Waals surface area contributed by atoms with Gasteiger partial charge < -0.3 is 5.21 Å². The Bertz CT molecular complexity index is 331. The highest BCUT2D eigenvalue weighted by atomic mass is 16.4. The highest BCUT2D eigenvalue weighted by molar-refractivity contribution is 5.81. The Morgan fingerprint density at radius 3 is 2.46 bits per heavy atom. The molecule has 2 heteroatoms. The van der Waals surface area contributed by atoms with Gasteiger partial charge in [-0.25, -0.2) is 0 Å². The van der Waals surface area contributed by atoms with E-state index in [-0.39, 0.29) is 0 Å². The second-order valence-corrected chi connectivity index (χ2v) is 3.94. The van der Waals surface area contributed by atoms with E-state index in [9.17, 15) is 0 Å². The largest absolute Gasteiger partial charge is 0.411 e. The van der Waals surface area contributed by atoms with Gasteiger partial charge in [0.15, 0.2) is 0 Å². The van der Waals surface area contributed by atoms with E-state index in [1.807, 2.05) is 0 Å². The van der Waals surface area contributed by atoms with Crippen LogP contribution in [0.1, 0.15) is 0 Å². The van der Waals surface area contributed by atoms with Crippen LogP contribution >= 0.6 is 0 Å². The van der Waals surface area contributed by atoms with Gasteiger partial charge in [-0.15, -0.1) is 0 Å². The maximum atomic E-state index is 8.53. The first-order valence-corrected chi connectivity index (χ1v) is 4.66.